The first-order valence-corrected chi connectivity index (χ1v) is 16.8. The smallest absolute Gasteiger partial charge is 0.416 e. The quantitative estimate of drug-likeness (QED) is 0.110. The van der Waals surface area contributed by atoms with E-state index in [9.17, 15) is 35.9 Å². The molecule has 52 heavy (non-hydrogen) atoms. The van der Waals surface area contributed by atoms with E-state index in [4.69, 9.17) is 14.2 Å². The Kier molecular flexibility index (Phi) is 11.8. The lowest BCUT2D eigenvalue weighted by Crippen LogP contribution is -2.64. The summed E-state index contributed by atoms with van der Waals surface area (Å²) in [4.78, 5) is 28.8. The van der Waals surface area contributed by atoms with Crippen LogP contribution in [0.3, 0.4) is 0 Å². The minimum Gasteiger partial charge on any atom is -0.445 e. The molecule has 3 atom stereocenters. The molecule has 0 spiro atoms. The predicted octanol–water partition coefficient (Wildman–Crippen LogP) is 8.23. The topological polar surface area (TPSA) is 98.7 Å². The van der Waals surface area contributed by atoms with Gasteiger partial charge in [-0.1, -0.05) is 74.0 Å². The molecule has 0 saturated carbocycles. The van der Waals surface area contributed by atoms with Gasteiger partial charge in [0.1, 0.15) is 12.9 Å². The molecule has 1 fully saturated rings. The number of rotatable bonds is 13. The summed E-state index contributed by atoms with van der Waals surface area (Å²) in [7, 11) is 0. The number of benzene rings is 3. The second kappa shape index (κ2) is 15.9. The number of nitrogens with zero attached hydrogens (tertiary/aromatic N) is 3. The molecule has 15 heteroatoms. The third kappa shape index (κ3) is 8.69. The van der Waals surface area contributed by atoms with E-state index in [2.05, 4.69) is 10.2 Å². The van der Waals surface area contributed by atoms with Crippen LogP contribution in [-0.2, 0) is 44.2 Å². The van der Waals surface area contributed by atoms with Crippen molar-refractivity contribution in [2.24, 2.45) is 0 Å². The SMILES string of the molecule is CCCCOC[C@@]1(n2cn[nH]c2=O)CC[C@@](CO[C@H](C)c2cc(C(F)(F)F)cc(C(F)(F)F)c2)(c2ccccc2)N(C(=O)OCc2ccccc2)C1. The van der Waals surface area contributed by atoms with Gasteiger partial charge in [0.25, 0.3) is 0 Å². The molecule has 1 amide bonds. The van der Waals surface area contributed by atoms with Crippen molar-refractivity contribution in [3.63, 3.8) is 0 Å². The van der Waals surface area contributed by atoms with E-state index in [0.717, 1.165) is 12.8 Å². The average Bonchev–Trinajstić information content (AvgIpc) is 3.58. The van der Waals surface area contributed by atoms with Crippen LogP contribution in [-0.4, -0.2) is 52.1 Å². The highest BCUT2D eigenvalue weighted by molar-refractivity contribution is 5.70. The molecule has 4 aromatic rings. The number of carbonyl (C=O) groups is 1. The van der Waals surface area contributed by atoms with E-state index in [1.165, 1.54) is 22.7 Å². The Balaban J connectivity index is 1.57. The van der Waals surface area contributed by atoms with Crippen LogP contribution in [0.15, 0.2) is 90.0 Å². The van der Waals surface area contributed by atoms with Gasteiger partial charge in [-0.15, -0.1) is 0 Å². The summed E-state index contributed by atoms with van der Waals surface area (Å²) >= 11 is 0. The molecule has 3 aromatic carbocycles. The van der Waals surface area contributed by atoms with Crippen molar-refractivity contribution in [1.82, 2.24) is 19.7 Å². The molecule has 0 unspecified atom stereocenters. The van der Waals surface area contributed by atoms with Crippen molar-refractivity contribution in [1.29, 1.82) is 0 Å². The Bertz CT molecular complexity index is 1800. The third-order valence-electron chi connectivity index (χ3n) is 9.44. The van der Waals surface area contributed by atoms with E-state index in [1.54, 1.807) is 54.6 Å². The van der Waals surface area contributed by atoms with Gasteiger partial charge in [0.05, 0.1) is 48.1 Å². The Morgan fingerprint density at radius 2 is 1.56 bits per heavy atom. The van der Waals surface area contributed by atoms with Gasteiger partial charge in [-0.2, -0.15) is 31.4 Å². The number of aromatic amines is 1. The van der Waals surface area contributed by atoms with Crippen molar-refractivity contribution in [3.8, 4) is 0 Å². The molecule has 1 aromatic heterocycles. The van der Waals surface area contributed by atoms with Gasteiger partial charge >= 0.3 is 24.1 Å². The Hall–Kier alpha value is -4.63. The summed E-state index contributed by atoms with van der Waals surface area (Å²) in [6, 6.07) is 19.0. The highest BCUT2D eigenvalue weighted by atomic mass is 19.4. The first-order valence-electron chi connectivity index (χ1n) is 16.8. The van der Waals surface area contributed by atoms with Crippen LogP contribution in [0.2, 0.25) is 0 Å². The zero-order valence-electron chi connectivity index (χ0n) is 28.7. The van der Waals surface area contributed by atoms with Crippen molar-refractivity contribution in [2.45, 2.75) is 75.7 Å². The molecule has 1 aliphatic rings. The molecule has 2 heterocycles. The third-order valence-corrected chi connectivity index (χ3v) is 9.44. The number of aromatic nitrogens is 3. The van der Waals surface area contributed by atoms with E-state index < -0.39 is 52.4 Å². The van der Waals surface area contributed by atoms with Crippen LogP contribution in [0, 0.1) is 0 Å². The maximum absolute atomic E-state index is 14.4. The second-order valence-electron chi connectivity index (χ2n) is 13.0. The van der Waals surface area contributed by atoms with Gasteiger partial charge in [-0.3, -0.25) is 9.47 Å². The number of ether oxygens (including phenoxy) is 3. The number of piperidine rings is 1. The number of unbranched alkanes of at least 4 members (excludes halogenated alkanes) is 1. The molecular weight excluding hydrogens is 694 g/mol. The molecule has 9 nitrogen and oxygen atoms in total. The number of halogens is 6. The molecule has 0 aliphatic carbocycles. The summed E-state index contributed by atoms with van der Waals surface area (Å²) in [5.41, 5.74) is -5.00. The van der Waals surface area contributed by atoms with Crippen molar-refractivity contribution in [3.05, 3.63) is 123 Å². The average molecular weight is 735 g/mol. The Labute approximate surface area is 296 Å². The number of alkyl halides is 6. The summed E-state index contributed by atoms with van der Waals surface area (Å²) < 4.78 is 102. The largest absolute Gasteiger partial charge is 0.445 e. The summed E-state index contributed by atoms with van der Waals surface area (Å²) in [6.45, 7) is 3.19. The maximum Gasteiger partial charge on any atom is 0.416 e. The minimum atomic E-state index is -5.04. The normalized spacial score (nSPS) is 20.1. The van der Waals surface area contributed by atoms with E-state index in [1.807, 2.05) is 13.0 Å². The van der Waals surface area contributed by atoms with Gasteiger partial charge in [-0.05, 0) is 61.1 Å². The van der Waals surface area contributed by atoms with Crippen LogP contribution in [0.5, 0.6) is 0 Å². The predicted molar refractivity (Wildman–Crippen MR) is 178 cm³/mol. The first-order chi connectivity index (χ1) is 24.7. The molecule has 1 aliphatic heterocycles. The van der Waals surface area contributed by atoms with E-state index >= 15 is 0 Å². The van der Waals surface area contributed by atoms with Crippen LogP contribution >= 0.6 is 0 Å². The second-order valence-corrected chi connectivity index (χ2v) is 13.0. The highest BCUT2D eigenvalue weighted by Gasteiger charge is 2.53. The molecular formula is C37H40F6N4O5. The fourth-order valence-electron chi connectivity index (χ4n) is 6.47. The number of hydrogen-bond donors (Lipinski definition) is 1. The monoisotopic (exact) mass is 734 g/mol. The fourth-order valence-corrected chi connectivity index (χ4v) is 6.47. The number of H-pyrrole nitrogens is 1. The van der Waals surface area contributed by atoms with Crippen molar-refractivity contribution in [2.75, 3.05) is 26.4 Å². The summed E-state index contributed by atoms with van der Waals surface area (Å²) in [5.74, 6) is 0. The minimum absolute atomic E-state index is 0.0293. The number of amides is 1. The van der Waals surface area contributed by atoms with Crippen LogP contribution in [0.4, 0.5) is 31.1 Å². The van der Waals surface area contributed by atoms with Crippen LogP contribution < -0.4 is 5.69 Å². The number of nitrogens with one attached hydrogen (secondary N) is 1. The molecule has 280 valence electrons. The zero-order valence-corrected chi connectivity index (χ0v) is 28.7. The first kappa shape index (κ1) is 38.6. The summed E-state index contributed by atoms with van der Waals surface area (Å²) in [6.07, 6.45) is -8.81. The highest BCUT2D eigenvalue weighted by Crippen LogP contribution is 2.46. The Morgan fingerprint density at radius 3 is 2.13 bits per heavy atom. The number of carbonyl (C=O) groups excluding carboxylic acids is 1. The zero-order chi connectivity index (χ0) is 37.6. The lowest BCUT2D eigenvalue weighted by Gasteiger charge is -2.53. The maximum atomic E-state index is 14.4. The molecule has 1 N–H and O–H groups in total. The standard InChI is InChI=1S/C37H40F6N4O5/c1-3-4-17-50-23-34(47-25-44-45-32(47)48)15-16-35(29-13-9-6-10-14-29,46(22-34)33(49)51-21-27-11-7-5-8-12-27)24-52-26(2)28-18-30(36(38,39)40)20-31(19-28)37(41,42)43/h5-14,18-20,25-26H,3-4,15-17,21-24H2,1-2H3,(H,45,48)/t26-,34-,35-/m1/s1. The van der Waals surface area contributed by atoms with Crippen LogP contribution in [0.25, 0.3) is 0 Å². The molecule has 0 bridgehead atoms. The van der Waals surface area contributed by atoms with Crippen LogP contribution in [0.1, 0.15) is 73.5 Å². The fraction of sp³-hybridized carbons (Fsp3) is 0.432. The lowest BCUT2D eigenvalue weighted by atomic mass is 9.74. The summed E-state index contributed by atoms with van der Waals surface area (Å²) in [5, 5.41) is 6.33. The van der Waals surface area contributed by atoms with Gasteiger partial charge in [0, 0.05) is 6.61 Å². The number of likely N-dealkylation sites (tertiary alicyclic amines) is 1. The number of hydrogen-bond acceptors (Lipinski definition) is 6. The molecule has 0 radical (unpaired) electrons. The lowest BCUT2D eigenvalue weighted by molar-refractivity contribution is -0.143. The van der Waals surface area contributed by atoms with Crippen molar-refractivity contribution >= 4 is 6.09 Å². The molecule has 1 saturated heterocycles. The van der Waals surface area contributed by atoms with E-state index in [-0.39, 0.29) is 50.8 Å². The van der Waals surface area contributed by atoms with Gasteiger partial charge in [-0.25, -0.2) is 14.7 Å². The van der Waals surface area contributed by atoms with Gasteiger partial charge in [0.15, 0.2) is 0 Å². The molecule has 5 rings (SSSR count). The van der Waals surface area contributed by atoms with Gasteiger partial charge in [0.2, 0.25) is 0 Å². The van der Waals surface area contributed by atoms with E-state index in [0.29, 0.717) is 29.9 Å². The van der Waals surface area contributed by atoms with Crippen molar-refractivity contribution < 1.29 is 45.3 Å². The Morgan fingerprint density at radius 1 is 0.923 bits per heavy atom. The van der Waals surface area contributed by atoms with Gasteiger partial charge < -0.3 is 14.2 Å².